The number of benzene rings is 1. The maximum absolute atomic E-state index is 11.2. The summed E-state index contributed by atoms with van der Waals surface area (Å²) in [7, 11) is 0. The molecule has 1 atom stereocenters. The number of carbonyl (C=O) groups excluding carboxylic acids is 1. The van der Waals surface area contributed by atoms with Gasteiger partial charge in [0.1, 0.15) is 0 Å². The molecule has 0 aliphatic rings. The molecule has 1 unspecified atom stereocenters. The van der Waals surface area contributed by atoms with Crippen molar-refractivity contribution in [3.8, 4) is 0 Å². The zero-order valence-electron chi connectivity index (χ0n) is 9.53. The molecule has 7 heteroatoms. The molecule has 0 fully saturated rings. The Kier molecular flexibility index (Phi) is 8.31. The maximum atomic E-state index is 11.2. The molecular weight excluding hydrogens is 298 g/mol. The average Bonchev–Trinajstić information content (AvgIpc) is 2.26. The highest BCUT2D eigenvalue weighted by Crippen LogP contribution is 2.29. The Labute approximate surface area is 122 Å². The summed E-state index contributed by atoms with van der Waals surface area (Å²) in [4.78, 5) is 11.2. The molecule has 102 valence electrons. The zero-order chi connectivity index (χ0) is 12.8. The maximum Gasteiger partial charge on any atom is 0.221 e. The van der Waals surface area contributed by atoms with Crippen LogP contribution in [-0.4, -0.2) is 24.1 Å². The van der Waals surface area contributed by atoms with Crippen LogP contribution >= 0.6 is 35.6 Å². The van der Waals surface area contributed by atoms with Crippen LogP contribution in [0, 0.1) is 0 Å². The lowest BCUT2D eigenvalue weighted by molar-refractivity contribution is -0.121. The van der Waals surface area contributed by atoms with Crippen molar-refractivity contribution in [2.24, 2.45) is 5.73 Å². The summed E-state index contributed by atoms with van der Waals surface area (Å²) in [5, 5.41) is 13.2. The highest BCUT2D eigenvalue weighted by atomic mass is 35.5. The van der Waals surface area contributed by atoms with E-state index in [4.69, 9.17) is 28.9 Å². The van der Waals surface area contributed by atoms with Gasteiger partial charge in [0.25, 0.3) is 0 Å². The number of aliphatic hydroxyl groups is 1. The lowest BCUT2D eigenvalue weighted by Crippen LogP contribution is -2.30. The monoisotopic (exact) mass is 312 g/mol. The molecule has 0 radical (unpaired) electrons. The van der Waals surface area contributed by atoms with Crippen LogP contribution in [-0.2, 0) is 4.79 Å². The van der Waals surface area contributed by atoms with E-state index in [1.165, 1.54) is 0 Å². The topological polar surface area (TPSA) is 75.4 Å². The van der Waals surface area contributed by atoms with E-state index in [1.807, 2.05) is 0 Å². The summed E-state index contributed by atoms with van der Waals surface area (Å²) in [6.45, 7) is 0.330. The summed E-state index contributed by atoms with van der Waals surface area (Å²) in [5.41, 5.74) is 5.65. The van der Waals surface area contributed by atoms with Crippen LogP contribution in [0.15, 0.2) is 18.2 Å². The second kappa shape index (κ2) is 8.56. The molecule has 4 nitrogen and oxygen atoms in total. The number of amides is 1. The molecule has 1 rings (SSSR count). The molecule has 18 heavy (non-hydrogen) atoms. The van der Waals surface area contributed by atoms with Gasteiger partial charge in [-0.1, -0.05) is 29.3 Å². The molecule has 1 aromatic carbocycles. The SMILES string of the molecule is Cl.NCCC(=O)NCC(O)c1c(Cl)cccc1Cl. The Bertz CT molecular complexity index is 382. The van der Waals surface area contributed by atoms with Crippen LogP contribution in [0.5, 0.6) is 0 Å². The predicted molar refractivity (Wildman–Crippen MR) is 75.4 cm³/mol. The van der Waals surface area contributed by atoms with Crippen molar-refractivity contribution in [1.82, 2.24) is 5.32 Å². The molecule has 0 aromatic heterocycles. The fraction of sp³-hybridized carbons (Fsp3) is 0.364. The van der Waals surface area contributed by atoms with Gasteiger partial charge in [-0.2, -0.15) is 0 Å². The molecule has 0 bridgehead atoms. The average molecular weight is 314 g/mol. The highest BCUT2D eigenvalue weighted by molar-refractivity contribution is 6.36. The lowest BCUT2D eigenvalue weighted by atomic mass is 10.1. The van der Waals surface area contributed by atoms with Gasteiger partial charge in [0, 0.05) is 35.1 Å². The number of nitrogens with two attached hydrogens (primary N) is 1. The molecule has 0 saturated heterocycles. The summed E-state index contributed by atoms with van der Waals surface area (Å²) in [6.07, 6.45) is -0.707. The smallest absolute Gasteiger partial charge is 0.221 e. The van der Waals surface area contributed by atoms with E-state index in [-0.39, 0.29) is 37.8 Å². The normalized spacial score (nSPS) is 11.6. The molecule has 1 amide bonds. The Morgan fingerprint density at radius 3 is 2.44 bits per heavy atom. The van der Waals surface area contributed by atoms with Gasteiger partial charge < -0.3 is 16.2 Å². The van der Waals surface area contributed by atoms with E-state index in [2.05, 4.69) is 5.32 Å². The first-order valence-electron chi connectivity index (χ1n) is 5.15. The van der Waals surface area contributed by atoms with Crippen LogP contribution in [0.4, 0.5) is 0 Å². The predicted octanol–water partition coefficient (Wildman–Crippen LogP) is 1.91. The van der Waals surface area contributed by atoms with E-state index in [1.54, 1.807) is 18.2 Å². The van der Waals surface area contributed by atoms with E-state index in [0.29, 0.717) is 15.6 Å². The van der Waals surface area contributed by atoms with Crippen molar-refractivity contribution in [3.63, 3.8) is 0 Å². The van der Waals surface area contributed by atoms with Crippen molar-refractivity contribution < 1.29 is 9.90 Å². The third-order valence-corrected chi connectivity index (χ3v) is 2.86. The number of carbonyl (C=O) groups is 1. The number of nitrogens with one attached hydrogen (secondary N) is 1. The first-order valence-corrected chi connectivity index (χ1v) is 5.90. The second-order valence-corrected chi connectivity index (χ2v) is 4.31. The standard InChI is InChI=1S/C11H14Cl2N2O2.ClH/c12-7-2-1-3-8(13)11(7)9(16)6-15-10(17)4-5-14;/h1-3,9,16H,4-6,14H2,(H,15,17);1H. The summed E-state index contributed by atoms with van der Waals surface area (Å²) < 4.78 is 0. The van der Waals surface area contributed by atoms with Crippen LogP contribution in [0.1, 0.15) is 18.1 Å². The first kappa shape index (κ1) is 17.5. The van der Waals surface area contributed by atoms with Crippen molar-refractivity contribution in [1.29, 1.82) is 0 Å². The summed E-state index contributed by atoms with van der Waals surface area (Å²) in [5.74, 6) is -0.213. The molecular formula is C11H15Cl3N2O2. The third-order valence-electron chi connectivity index (χ3n) is 2.20. The van der Waals surface area contributed by atoms with Crippen LogP contribution in [0.3, 0.4) is 0 Å². The van der Waals surface area contributed by atoms with Gasteiger partial charge in [0.05, 0.1) is 6.10 Å². The number of rotatable bonds is 5. The minimum absolute atomic E-state index is 0. The van der Waals surface area contributed by atoms with Gasteiger partial charge in [-0.3, -0.25) is 4.79 Å². The third kappa shape index (κ3) is 5.00. The first-order chi connectivity index (χ1) is 8.06. The number of hydrogen-bond donors (Lipinski definition) is 3. The zero-order valence-corrected chi connectivity index (χ0v) is 11.9. The van der Waals surface area contributed by atoms with E-state index in [9.17, 15) is 9.90 Å². The van der Waals surface area contributed by atoms with Crippen molar-refractivity contribution in [2.75, 3.05) is 13.1 Å². The fourth-order valence-corrected chi connectivity index (χ4v) is 2.01. The highest BCUT2D eigenvalue weighted by Gasteiger charge is 2.15. The van der Waals surface area contributed by atoms with Crippen molar-refractivity contribution in [2.45, 2.75) is 12.5 Å². The fourth-order valence-electron chi connectivity index (χ4n) is 1.36. The molecule has 0 aliphatic heterocycles. The molecule has 0 spiro atoms. The Balaban J connectivity index is 0.00000289. The van der Waals surface area contributed by atoms with Crippen LogP contribution in [0.25, 0.3) is 0 Å². The molecule has 4 N–H and O–H groups in total. The number of aliphatic hydroxyl groups excluding tert-OH is 1. The minimum atomic E-state index is -0.932. The van der Waals surface area contributed by atoms with Gasteiger partial charge in [0.15, 0.2) is 0 Å². The van der Waals surface area contributed by atoms with E-state index >= 15 is 0 Å². The van der Waals surface area contributed by atoms with Gasteiger partial charge in [0.2, 0.25) is 5.91 Å². The van der Waals surface area contributed by atoms with Crippen molar-refractivity contribution in [3.05, 3.63) is 33.8 Å². The summed E-state index contributed by atoms with van der Waals surface area (Å²) in [6, 6.07) is 4.95. The number of hydrogen-bond acceptors (Lipinski definition) is 3. The van der Waals surface area contributed by atoms with Gasteiger partial charge in [-0.15, -0.1) is 12.4 Å². The largest absolute Gasteiger partial charge is 0.386 e. The minimum Gasteiger partial charge on any atom is -0.386 e. The van der Waals surface area contributed by atoms with Gasteiger partial charge in [-0.25, -0.2) is 0 Å². The lowest BCUT2D eigenvalue weighted by Gasteiger charge is -2.15. The van der Waals surface area contributed by atoms with Gasteiger partial charge >= 0.3 is 0 Å². The molecule has 0 heterocycles. The van der Waals surface area contributed by atoms with Crippen molar-refractivity contribution >= 4 is 41.5 Å². The van der Waals surface area contributed by atoms with E-state index in [0.717, 1.165) is 0 Å². The Hall–Kier alpha value is -0.520. The Morgan fingerprint density at radius 1 is 1.39 bits per heavy atom. The van der Waals surface area contributed by atoms with Crippen LogP contribution in [0.2, 0.25) is 10.0 Å². The molecule has 1 aromatic rings. The molecule has 0 aliphatic carbocycles. The Morgan fingerprint density at radius 2 is 1.94 bits per heavy atom. The summed E-state index contributed by atoms with van der Waals surface area (Å²) >= 11 is 11.8. The number of halogens is 3. The van der Waals surface area contributed by atoms with E-state index < -0.39 is 6.10 Å². The second-order valence-electron chi connectivity index (χ2n) is 3.49. The van der Waals surface area contributed by atoms with Crippen LogP contribution < -0.4 is 11.1 Å². The van der Waals surface area contributed by atoms with Gasteiger partial charge in [-0.05, 0) is 12.1 Å². The quantitative estimate of drug-likeness (QED) is 0.777. The molecule has 0 saturated carbocycles.